The molecule has 0 saturated heterocycles. The van der Waals surface area contributed by atoms with Crippen LogP contribution in [0.5, 0.6) is 23.0 Å². The Kier molecular flexibility index (Phi) is 12.5. The van der Waals surface area contributed by atoms with Crippen LogP contribution in [0.2, 0.25) is 0 Å². The zero-order valence-corrected chi connectivity index (χ0v) is 20.1. The molecule has 0 bridgehead atoms. The molecule has 0 heterocycles. The second-order valence-electron chi connectivity index (χ2n) is 7.66. The van der Waals surface area contributed by atoms with Crippen LogP contribution in [0, 0.1) is 11.6 Å². The highest BCUT2D eigenvalue weighted by Gasteiger charge is 2.18. The lowest BCUT2D eigenvalue weighted by Crippen LogP contribution is -2.32. The summed E-state index contributed by atoms with van der Waals surface area (Å²) in [6.07, 6.45) is 2.50. The topological polar surface area (TPSA) is 159 Å². The number of benzene rings is 2. The van der Waals surface area contributed by atoms with Gasteiger partial charge >= 0.3 is 0 Å². The third-order valence-electron chi connectivity index (χ3n) is 4.64. The van der Waals surface area contributed by atoms with Crippen LogP contribution in [-0.2, 0) is 4.79 Å². The summed E-state index contributed by atoms with van der Waals surface area (Å²) in [6.45, 7) is 4.96. The Morgan fingerprint density at radius 3 is 1.50 bits per heavy atom. The lowest BCUT2D eigenvalue weighted by Gasteiger charge is -2.17. The maximum absolute atomic E-state index is 13.8. The van der Waals surface area contributed by atoms with E-state index in [4.69, 9.17) is 0 Å². The number of rotatable bonds is 11. The molecule has 0 aliphatic rings. The summed E-state index contributed by atoms with van der Waals surface area (Å²) in [5, 5.41) is 41.9. The molecule has 36 heavy (non-hydrogen) atoms. The molecule has 0 aliphatic heterocycles. The second-order valence-corrected chi connectivity index (χ2v) is 7.66. The molecule has 10 nitrogen and oxygen atoms in total. The summed E-state index contributed by atoms with van der Waals surface area (Å²) in [7, 11) is 0. The van der Waals surface area contributed by atoms with Crippen molar-refractivity contribution in [1.29, 1.82) is 0 Å². The van der Waals surface area contributed by atoms with Crippen LogP contribution in [0.1, 0.15) is 53.8 Å². The summed E-state index contributed by atoms with van der Waals surface area (Å²) in [6, 6.07) is 4.02. The molecule has 0 fully saturated rings. The minimum Gasteiger partial charge on any atom is -0.504 e. The number of nitrogens with zero attached hydrogens (tertiary/aromatic N) is 1. The third-order valence-corrected chi connectivity index (χ3v) is 4.64. The summed E-state index contributed by atoms with van der Waals surface area (Å²) in [4.78, 5) is 36.5. The van der Waals surface area contributed by atoms with E-state index in [0.29, 0.717) is 19.3 Å². The molecule has 6 N–H and O–H groups in total. The van der Waals surface area contributed by atoms with Gasteiger partial charge in [0.2, 0.25) is 6.41 Å². The van der Waals surface area contributed by atoms with Crippen LogP contribution in [0.3, 0.4) is 0 Å². The van der Waals surface area contributed by atoms with Crippen LogP contribution in [-0.4, -0.2) is 69.7 Å². The van der Waals surface area contributed by atoms with E-state index >= 15 is 0 Å². The van der Waals surface area contributed by atoms with E-state index in [-0.39, 0.29) is 26.2 Å². The monoisotopic (exact) mass is 511 g/mol. The predicted molar refractivity (Wildman–Crippen MR) is 127 cm³/mol. The van der Waals surface area contributed by atoms with Gasteiger partial charge in [0.25, 0.3) is 11.8 Å². The van der Waals surface area contributed by atoms with Crippen LogP contribution >= 0.6 is 0 Å². The highest BCUT2D eigenvalue weighted by atomic mass is 19.1. The highest BCUT2D eigenvalue weighted by molar-refractivity contribution is 5.95. The Labute approximate surface area is 207 Å². The number of phenolic OH excluding ortho intramolecular Hbond substituents is 4. The summed E-state index contributed by atoms with van der Waals surface area (Å²) < 4.78 is 27.6. The largest absolute Gasteiger partial charge is 0.504 e. The quantitative estimate of drug-likeness (QED) is 0.154. The Balaban J connectivity index is 0.00000205. The number of nitrogens with one attached hydrogen (secondary N) is 2. The zero-order valence-electron chi connectivity index (χ0n) is 20.1. The van der Waals surface area contributed by atoms with Crippen molar-refractivity contribution in [2.24, 2.45) is 0 Å². The fraction of sp³-hybridized carbons (Fsp3) is 0.375. The maximum Gasteiger partial charge on any atom is 0.254 e. The second kappa shape index (κ2) is 15.0. The Bertz CT molecular complexity index is 973. The van der Waals surface area contributed by atoms with E-state index in [1.807, 2.05) is 0 Å². The average molecular weight is 512 g/mol. The minimum atomic E-state index is -1.24. The van der Waals surface area contributed by atoms with Gasteiger partial charge in [-0.15, -0.1) is 0 Å². The van der Waals surface area contributed by atoms with Crippen LogP contribution in [0.15, 0.2) is 24.3 Å². The summed E-state index contributed by atoms with van der Waals surface area (Å²) in [5.74, 6) is -7.50. The molecule has 0 radical (unpaired) electrons. The van der Waals surface area contributed by atoms with Gasteiger partial charge in [0.05, 0.1) is 11.1 Å². The molecule has 0 aromatic heterocycles. The predicted octanol–water partition coefficient (Wildman–Crippen LogP) is 2.60. The van der Waals surface area contributed by atoms with E-state index in [9.17, 15) is 43.6 Å². The van der Waals surface area contributed by atoms with E-state index in [0.717, 1.165) is 24.3 Å². The first-order chi connectivity index (χ1) is 17.1. The van der Waals surface area contributed by atoms with Crippen molar-refractivity contribution in [3.05, 3.63) is 47.0 Å². The molecular formula is C24H31F2N3O7. The standard InChI is InChI=1S/C21H23F2N3O7.C3H8/c22-16-12(3-5-14(28)18(16)30)20(32)24-7-1-9-26(11-27)10-2-8-25-21(33)13-4-6-15(29)19(31)17(13)23;1-3-2/h3-6,11,28-31H,1-2,7-10H2,(H,24,32)(H,25,33);3H2,1-2H3. The van der Waals surface area contributed by atoms with Gasteiger partial charge < -0.3 is 36.0 Å². The molecule has 0 unspecified atom stereocenters. The van der Waals surface area contributed by atoms with E-state index < -0.39 is 57.6 Å². The Morgan fingerprint density at radius 1 is 0.806 bits per heavy atom. The first-order valence-electron chi connectivity index (χ1n) is 11.2. The number of aromatic hydroxyl groups is 4. The first kappa shape index (κ1) is 29.9. The minimum absolute atomic E-state index is 0.102. The molecule has 0 saturated carbocycles. The normalized spacial score (nSPS) is 10.1. The Hall–Kier alpha value is -4.09. The van der Waals surface area contributed by atoms with Crippen molar-refractivity contribution < 1.29 is 43.6 Å². The molecule has 0 atom stereocenters. The van der Waals surface area contributed by atoms with Gasteiger partial charge in [0.1, 0.15) is 0 Å². The number of hydrogen-bond donors (Lipinski definition) is 6. The number of hydrogen-bond acceptors (Lipinski definition) is 7. The number of amides is 3. The fourth-order valence-electron chi connectivity index (χ4n) is 2.84. The lowest BCUT2D eigenvalue weighted by atomic mass is 10.1. The van der Waals surface area contributed by atoms with E-state index in [2.05, 4.69) is 24.5 Å². The molecule has 2 aromatic rings. The SMILES string of the molecule is CCC.O=CN(CCCNC(=O)c1ccc(O)c(O)c1F)CCCNC(=O)c1ccc(O)c(O)c1F. The van der Waals surface area contributed by atoms with Crippen LogP contribution in [0.25, 0.3) is 0 Å². The van der Waals surface area contributed by atoms with Crippen molar-refractivity contribution in [1.82, 2.24) is 15.5 Å². The average Bonchev–Trinajstić information content (AvgIpc) is 2.85. The van der Waals surface area contributed by atoms with Crippen molar-refractivity contribution in [3.63, 3.8) is 0 Å². The maximum atomic E-state index is 13.8. The number of carbonyl (C=O) groups is 3. The van der Waals surface area contributed by atoms with E-state index in [1.54, 1.807) is 0 Å². The number of halogens is 2. The van der Waals surface area contributed by atoms with Gasteiger partial charge in [0.15, 0.2) is 34.6 Å². The summed E-state index contributed by atoms with van der Waals surface area (Å²) >= 11 is 0. The van der Waals surface area contributed by atoms with Crippen LogP contribution < -0.4 is 10.6 Å². The van der Waals surface area contributed by atoms with Crippen molar-refractivity contribution in [3.8, 4) is 23.0 Å². The number of carbonyl (C=O) groups excluding carboxylic acids is 3. The van der Waals surface area contributed by atoms with Gasteiger partial charge in [-0.05, 0) is 37.1 Å². The molecule has 0 aliphatic carbocycles. The fourth-order valence-corrected chi connectivity index (χ4v) is 2.84. The molecule has 2 aromatic carbocycles. The van der Waals surface area contributed by atoms with Gasteiger partial charge in [0, 0.05) is 26.2 Å². The van der Waals surface area contributed by atoms with Gasteiger partial charge in [-0.2, -0.15) is 0 Å². The van der Waals surface area contributed by atoms with Crippen LogP contribution in [0.4, 0.5) is 8.78 Å². The van der Waals surface area contributed by atoms with Crippen molar-refractivity contribution in [2.45, 2.75) is 33.1 Å². The lowest BCUT2D eigenvalue weighted by molar-refractivity contribution is -0.118. The molecule has 3 amide bonds. The highest BCUT2D eigenvalue weighted by Crippen LogP contribution is 2.30. The summed E-state index contributed by atoms with van der Waals surface area (Å²) in [5.41, 5.74) is -0.877. The molecule has 12 heteroatoms. The Morgan fingerprint density at radius 2 is 1.17 bits per heavy atom. The van der Waals surface area contributed by atoms with Crippen molar-refractivity contribution in [2.75, 3.05) is 26.2 Å². The molecule has 198 valence electrons. The van der Waals surface area contributed by atoms with E-state index in [1.165, 1.54) is 11.3 Å². The van der Waals surface area contributed by atoms with Gasteiger partial charge in [-0.1, -0.05) is 20.3 Å². The molecule has 2 rings (SSSR count). The molecule has 0 spiro atoms. The van der Waals surface area contributed by atoms with Crippen molar-refractivity contribution >= 4 is 18.2 Å². The van der Waals surface area contributed by atoms with Gasteiger partial charge in [-0.25, -0.2) is 8.78 Å². The first-order valence-corrected chi connectivity index (χ1v) is 11.2. The zero-order chi connectivity index (χ0) is 27.3. The molecular weight excluding hydrogens is 480 g/mol. The number of phenols is 4. The smallest absolute Gasteiger partial charge is 0.254 e. The third kappa shape index (κ3) is 8.60. The van der Waals surface area contributed by atoms with Gasteiger partial charge in [-0.3, -0.25) is 14.4 Å².